The first-order valence-corrected chi connectivity index (χ1v) is 5.35. The third-order valence-corrected chi connectivity index (χ3v) is 2.89. The highest BCUT2D eigenvalue weighted by molar-refractivity contribution is 7.98. The molecule has 0 aliphatic rings. The van der Waals surface area contributed by atoms with Gasteiger partial charge in [0.2, 0.25) is 0 Å². The normalized spacial score (nSPS) is 11.0. The van der Waals surface area contributed by atoms with Gasteiger partial charge in [0.25, 0.3) is 0 Å². The molecule has 0 aliphatic heterocycles. The molecule has 2 heterocycles. The van der Waals surface area contributed by atoms with E-state index < -0.39 is 0 Å². The van der Waals surface area contributed by atoms with Crippen LogP contribution in [0.25, 0.3) is 11.2 Å². The van der Waals surface area contributed by atoms with Crippen molar-refractivity contribution in [3.8, 4) is 0 Å². The van der Waals surface area contributed by atoms with Crippen LogP contribution in [0.3, 0.4) is 0 Å². The fraction of sp³-hybridized carbons (Fsp3) is 0.250. The van der Waals surface area contributed by atoms with Crippen LogP contribution in [-0.4, -0.2) is 20.8 Å². The minimum Gasteiger partial charge on any atom is -0.307 e. The summed E-state index contributed by atoms with van der Waals surface area (Å²) >= 11 is 7.56. The van der Waals surface area contributed by atoms with Crippen molar-refractivity contribution in [2.75, 3.05) is 6.26 Å². The molecular weight excluding hydrogens is 206 g/mol. The number of fused-ring (bicyclic) bond motifs is 1. The smallest absolute Gasteiger partial charge is 0.169 e. The molecule has 2 aromatic rings. The molecule has 0 aromatic carbocycles. The molecule has 0 bridgehead atoms. The Kier molecular flexibility index (Phi) is 2.17. The van der Waals surface area contributed by atoms with E-state index in [0.717, 1.165) is 16.3 Å². The molecule has 0 N–H and O–H groups in total. The van der Waals surface area contributed by atoms with Crippen molar-refractivity contribution in [2.45, 2.75) is 5.16 Å². The van der Waals surface area contributed by atoms with E-state index in [4.69, 9.17) is 11.6 Å². The van der Waals surface area contributed by atoms with Gasteiger partial charge in [-0.25, -0.2) is 9.97 Å². The summed E-state index contributed by atoms with van der Waals surface area (Å²) in [6.07, 6.45) is 3.67. The monoisotopic (exact) mass is 213 g/mol. The third kappa shape index (κ3) is 1.30. The summed E-state index contributed by atoms with van der Waals surface area (Å²) in [5.41, 5.74) is 1.60. The minimum atomic E-state index is 0.654. The van der Waals surface area contributed by atoms with Gasteiger partial charge < -0.3 is 4.57 Å². The molecule has 68 valence electrons. The Hall–Kier alpha value is -0.740. The van der Waals surface area contributed by atoms with Gasteiger partial charge in [-0.3, -0.25) is 0 Å². The van der Waals surface area contributed by atoms with Crippen molar-refractivity contribution in [3.63, 3.8) is 0 Å². The SMILES string of the molecule is CSc1nc2c(Cl)ccnc2n1C. The minimum absolute atomic E-state index is 0.654. The molecule has 0 fully saturated rings. The first kappa shape index (κ1) is 8.84. The molecular formula is C8H8ClN3S. The molecule has 0 amide bonds. The Morgan fingerprint density at radius 2 is 2.31 bits per heavy atom. The molecule has 0 unspecified atom stereocenters. The molecule has 5 heteroatoms. The van der Waals surface area contributed by atoms with E-state index in [-0.39, 0.29) is 0 Å². The van der Waals surface area contributed by atoms with Crippen molar-refractivity contribution >= 4 is 34.5 Å². The largest absolute Gasteiger partial charge is 0.307 e. The maximum atomic E-state index is 5.97. The highest BCUT2D eigenvalue weighted by Crippen LogP contribution is 2.24. The second kappa shape index (κ2) is 3.20. The fourth-order valence-corrected chi connectivity index (χ4v) is 1.94. The Balaban J connectivity index is 2.83. The van der Waals surface area contributed by atoms with Crippen LogP contribution < -0.4 is 0 Å². The average Bonchev–Trinajstić information content (AvgIpc) is 2.45. The molecule has 0 atom stereocenters. The van der Waals surface area contributed by atoms with E-state index in [1.165, 1.54) is 0 Å². The van der Waals surface area contributed by atoms with Crippen LogP contribution in [0.1, 0.15) is 0 Å². The molecule has 0 radical (unpaired) electrons. The maximum absolute atomic E-state index is 5.97. The van der Waals surface area contributed by atoms with Gasteiger partial charge in [0.05, 0.1) is 5.02 Å². The van der Waals surface area contributed by atoms with Crippen LogP contribution in [0.4, 0.5) is 0 Å². The first-order chi connectivity index (χ1) is 6.24. The van der Waals surface area contributed by atoms with Gasteiger partial charge in [-0.1, -0.05) is 23.4 Å². The van der Waals surface area contributed by atoms with Crippen LogP contribution in [0.5, 0.6) is 0 Å². The lowest BCUT2D eigenvalue weighted by molar-refractivity contribution is 0.807. The summed E-state index contributed by atoms with van der Waals surface area (Å²) in [5.74, 6) is 0. The molecule has 2 rings (SSSR count). The summed E-state index contributed by atoms with van der Waals surface area (Å²) in [6, 6.07) is 1.75. The molecule has 0 saturated heterocycles. The lowest BCUT2D eigenvalue weighted by atomic mass is 10.4. The van der Waals surface area contributed by atoms with Crippen LogP contribution in [0.2, 0.25) is 5.02 Å². The fourth-order valence-electron chi connectivity index (χ4n) is 1.21. The van der Waals surface area contributed by atoms with E-state index >= 15 is 0 Å². The summed E-state index contributed by atoms with van der Waals surface area (Å²) in [7, 11) is 1.94. The lowest BCUT2D eigenvalue weighted by Gasteiger charge is -1.95. The number of rotatable bonds is 1. The Morgan fingerprint density at radius 3 is 2.92 bits per heavy atom. The van der Waals surface area contributed by atoms with Crippen molar-refractivity contribution in [1.82, 2.24) is 14.5 Å². The Bertz CT molecular complexity index is 452. The van der Waals surface area contributed by atoms with Gasteiger partial charge in [-0.2, -0.15) is 0 Å². The van der Waals surface area contributed by atoms with Crippen molar-refractivity contribution in [2.24, 2.45) is 7.05 Å². The Morgan fingerprint density at radius 1 is 1.54 bits per heavy atom. The van der Waals surface area contributed by atoms with Gasteiger partial charge in [0, 0.05) is 13.2 Å². The van der Waals surface area contributed by atoms with Gasteiger partial charge >= 0.3 is 0 Å². The number of pyridine rings is 1. The Labute approximate surface area is 85.1 Å². The zero-order valence-corrected chi connectivity index (χ0v) is 8.85. The van der Waals surface area contributed by atoms with Crippen LogP contribution >= 0.6 is 23.4 Å². The quantitative estimate of drug-likeness (QED) is 0.682. The number of thioether (sulfide) groups is 1. The van der Waals surface area contributed by atoms with Crippen molar-refractivity contribution < 1.29 is 0 Å². The number of halogens is 1. The predicted octanol–water partition coefficient (Wildman–Crippen LogP) is 2.34. The van der Waals surface area contributed by atoms with Crippen LogP contribution in [0.15, 0.2) is 17.4 Å². The van der Waals surface area contributed by atoms with Crippen molar-refractivity contribution in [1.29, 1.82) is 0 Å². The molecule has 0 saturated carbocycles. The molecule has 2 aromatic heterocycles. The lowest BCUT2D eigenvalue weighted by Crippen LogP contribution is -1.90. The highest BCUT2D eigenvalue weighted by atomic mass is 35.5. The average molecular weight is 214 g/mol. The van der Waals surface area contributed by atoms with Gasteiger partial charge in [-0.15, -0.1) is 0 Å². The van der Waals surface area contributed by atoms with E-state index in [1.807, 2.05) is 17.9 Å². The van der Waals surface area contributed by atoms with E-state index in [0.29, 0.717) is 5.02 Å². The van der Waals surface area contributed by atoms with Crippen molar-refractivity contribution in [3.05, 3.63) is 17.3 Å². The van der Waals surface area contributed by atoms with E-state index in [2.05, 4.69) is 9.97 Å². The number of aromatic nitrogens is 3. The summed E-state index contributed by atoms with van der Waals surface area (Å²) in [4.78, 5) is 8.57. The zero-order chi connectivity index (χ0) is 9.42. The molecule has 0 spiro atoms. The topological polar surface area (TPSA) is 30.7 Å². The second-order valence-electron chi connectivity index (χ2n) is 2.62. The summed E-state index contributed by atoms with van der Waals surface area (Å²) in [6.45, 7) is 0. The first-order valence-electron chi connectivity index (χ1n) is 3.75. The number of hydrogen-bond acceptors (Lipinski definition) is 3. The predicted molar refractivity (Wildman–Crippen MR) is 55.3 cm³/mol. The number of aryl methyl sites for hydroxylation is 1. The van der Waals surface area contributed by atoms with E-state index in [1.54, 1.807) is 24.0 Å². The maximum Gasteiger partial charge on any atom is 0.169 e. The summed E-state index contributed by atoms with van der Waals surface area (Å²) < 4.78 is 1.94. The van der Waals surface area contributed by atoms with Gasteiger partial charge in [-0.05, 0) is 12.3 Å². The third-order valence-electron chi connectivity index (χ3n) is 1.85. The molecule has 3 nitrogen and oxygen atoms in total. The number of nitrogens with zero attached hydrogens (tertiary/aromatic N) is 3. The second-order valence-corrected chi connectivity index (χ2v) is 3.80. The molecule has 13 heavy (non-hydrogen) atoms. The summed E-state index contributed by atoms with van der Waals surface area (Å²) in [5, 5.41) is 1.58. The van der Waals surface area contributed by atoms with Crippen LogP contribution in [-0.2, 0) is 7.05 Å². The zero-order valence-electron chi connectivity index (χ0n) is 7.28. The van der Waals surface area contributed by atoms with Crippen LogP contribution in [0, 0.1) is 0 Å². The number of hydrogen-bond donors (Lipinski definition) is 0. The molecule has 0 aliphatic carbocycles. The standard InChI is InChI=1S/C8H8ClN3S/c1-12-7-6(11-8(12)13-2)5(9)3-4-10-7/h3-4H,1-2H3. The van der Waals surface area contributed by atoms with E-state index in [9.17, 15) is 0 Å². The number of imidazole rings is 1. The van der Waals surface area contributed by atoms with Gasteiger partial charge in [0.15, 0.2) is 10.8 Å². The van der Waals surface area contributed by atoms with Gasteiger partial charge in [0.1, 0.15) is 5.52 Å². The highest BCUT2D eigenvalue weighted by Gasteiger charge is 2.09.